The van der Waals surface area contributed by atoms with Crippen molar-refractivity contribution in [3.8, 4) is 0 Å². The van der Waals surface area contributed by atoms with Crippen molar-refractivity contribution in [3.05, 3.63) is 53.6 Å². The van der Waals surface area contributed by atoms with Crippen molar-refractivity contribution in [2.45, 2.75) is 6.42 Å². The van der Waals surface area contributed by atoms with Gasteiger partial charge >= 0.3 is 0 Å². The number of anilines is 1. The summed E-state index contributed by atoms with van der Waals surface area (Å²) in [5, 5.41) is 5.81. The summed E-state index contributed by atoms with van der Waals surface area (Å²) in [6, 6.07) is 8.20. The first-order valence-electron chi connectivity index (χ1n) is 7.79. The number of amides is 1. The molecular weight excluding hydrogens is 309 g/mol. The second-order valence-electron chi connectivity index (χ2n) is 5.59. The number of carbonyl (C=O) groups excluding carboxylic acids is 1. The summed E-state index contributed by atoms with van der Waals surface area (Å²) < 4.78 is 13.5. The molecular formula is C17H22FN5O. The molecule has 7 heteroatoms. The number of hydrogen-bond donors (Lipinski definition) is 2. The molecule has 0 spiro atoms. The SMILES string of the molecule is CN(C)CCNC(=O)c1ccnc(NCCc2ccccc2F)n1. The topological polar surface area (TPSA) is 70.2 Å². The summed E-state index contributed by atoms with van der Waals surface area (Å²) in [6.45, 7) is 1.78. The van der Waals surface area contributed by atoms with Crippen molar-refractivity contribution in [2.75, 3.05) is 39.0 Å². The van der Waals surface area contributed by atoms with Crippen LogP contribution in [0.25, 0.3) is 0 Å². The van der Waals surface area contributed by atoms with Gasteiger partial charge in [-0.3, -0.25) is 4.79 Å². The molecule has 0 radical (unpaired) electrons. The van der Waals surface area contributed by atoms with Crippen LogP contribution in [0.2, 0.25) is 0 Å². The zero-order valence-electron chi connectivity index (χ0n) is 13.9. The Hall–Kier alpha value is -2.54. The zero-order valence-corrected chi connectivity index (χ0v) is 13.9. The third kappa shape index (κ3) is 5.58. The molecule has 0 saturated carbocycles. The van der Waals surface area contributed by atoms with Gasteiger partial charge in [0.1, 0.15) is 11.5 Å². The molecule has 1 amide bonds. The van der Waals surface area contributed by atoms with E-state index >= 15 is 0 Å². The molecule has 2 N–H and O–H groups in total. The molecule has 6 nitrogen and oxygen atoms in total. The third-order valence-electron chi connectivity index (χ3n) is 3.37. The molecule has 0 saturated heterocycles. The highest BCUT2D eigenvalue weighted by atomic mass is 19.1. The van der Waals surface area contributed by atoms with E-state index in [1.807, 2.05) is 19.0 Å². The van der Waals surface area contributed by atoms with Crippen LogP contribution in [0.1, 0.15) is 16.1 Å². The van der Waals surface area contributed by atoms with Gasteiger partial charge < -0.3 is 15.5 Å². The Kier molecular flexibility index (Phi) is 6.62. The summed E-state index contributed by atoms with van der Waals surface area (Å²) in [7, 11) is 3.88. The number of halogens is 1. The number of hydrogen-bond acceptors (Lipinski definition) is 5. The Labute approximate surface area is 141 Å². The lowest BCUT2D eigenvalue weighted by Crippen LogP contribution is -2.32. The Balaban J connectivity index is 1.86. The lowest BCUT2D eigenvalue weighted by molar-refractivity contribution is 0.0946. The number of nitrogens with one attached hydrogen (secondary N) is 2. The number of benzene rings is 1. The Bertz CT molecular complexity index is 678. The van der Waals surface area contributed by atoms with Crippen LogP contribution in [0.4, 0.5) is 10.3 Å². The maximum Gasteiger partial charge on any atom is 0.270 e. The summed E-state index contributed by atoms with van der Waals surface area (Å²) in [4.78, 5) is 22.3. The average Bonchev–Trinajstić information content (AvgIpc) is 2.56. The molecule has 24 heavy (non-hydrogen) atoms. The van der Waals surface area contributed by atoms with Crippen molar-refractivity contribution in [3.63, 3.8) is 0 Å². The number of nitrogens with zero attached hydrogens (tertiary/aromatic N) is 3. The summed E-state index contributed by atoms with van der Waals surface area (Å²) in [5.41, 5.74) is 0.930. The second-order valence-corrected chi connectivity index (χ2v) is 5.59. The lowest BCUT2D eigenvalue weighted by atomic mass is 10.1. The number of carbonyl (C=O) groups is 1. The van der Waals surface area contributed by atoms with E-state index in [1.54, 1.807) is 24.3 Å². The van der Waals surface area contributed by atoms with Crippen LogP contribution in [0.3, 0.4) is 0 Å². The van der Waals surface area contributed by atoms with E-state index in [9.17, 15) is 9.18 Å². The van der Waals surface area contributed by atoms with Crippen molar-refractivity contribution in [1.29, 1.82) is 0 Å². The highest BCUT2D eigenvalue weighted by Gasteiger charge is 2.08. The summed E-state index contributed by atoms with van der Waals surface area (Å²) in [5.74, 6) is -0.114. The van der Waals surface area contributed by atoms with Gasteiger partial charge in [-0.1, -0.05) is 18.2 Å². The van der Waals surface area contributed by atoms with Crippen molar-refractivity contribution < 1.29 is 9.18 Å². The fraction of sp³-hybridized carbons (Fsp3) is 0.353. The molecule has 0 aliphatic rings. The molecule has 1 aromatic carbocycles. The van der Waals surface area contributed by atoms with Gasteiger partial charge in [0.2, 0.25) is 5.95 Å². The van der Waals surface area contributed by atoms with Crippen LogP contribution in [0.5, 0.6) is 0 Å². The third-order valence-corrected chi connectivity index (χ3v) is 3.37. The fourth-order valence-electron chi connectivity index (χ4n) is 2.06. The molecule has 0 bridgehead atoms. The van der Waals surface area contributed by atoms with E-state index in [4.69, 9.17) is 0 Å². The molecule has 0 atom stereocenters. The molecule has 1 aromatic heterocycles. The minimum atomic E-state index is -0.239. The number of rotatable bonds is 8. The number of likely N-dealkylation sites (N-methyl/N-ethyl adjacent to an activating group) is 1. The van der Waals surface area contributed by atoms with Crippen LogP contribution >= 0.6 is 0 Å². The van der Waals surface area contributed by atoms with E-state index in [0.29, 0.717) is 36.7 Å². The first-order chi connectivity index (χ1) is 11.6. The molecule has 0 unspecified atom stereocenters. The normalized spacial score (nSPS) is 10.7. The summed E-state index contributed by atoms with van der Waals surface area (Å²) >= 11 is 0. The first-order valence-corrected chi connectivity index (χ1v) is 7.79. The van der Waals surface area contributed by atoms with E-state index in [1.165, 1.54) is 12.3 Å². The molecule has 2 aromatic rings. The largest absolute Gasteiger partial charge is 0.354 e. The second kappa shape index (κ2) is 8.93. The molecule has 1 heterocycles. The minimum absolute atomic E-state index is 0.228. The molecule has 0 fully saturated rings. The van der Waals surface area contributed by atoms with E-state index in [-0.39, 0.29) is 11.7 Å². The van der Waals surface area contributed by atoms with Crippen molar-refractivity contribution in [1.82, 2.24) is 20.2 Å². The standard InChI is InChI=1S/C17H22FN5O/c1-23(2)12-11-19-16(24)15-8-10-21-17(22-15)20-9-7-13-5-3-4-6-14(13)18/h3-6,8,10H,7,9,11-12H2,1-2H3,(H,19,24)(H,20,21,22). The van der Waals surface area contributed by atoms with E-state index < -0.39 is 0 Å². The van der Waals surface area contributed by atoms with Gasteiger partial charge in [0.05, 0.1) is 0 Å². The van der Waals surface area contributed by atoms with Gasteiger partial charge in [-0.25, -0.2) is 14.4 Å². The maximum absolute atomic E-state index is 13.5. The molecule has 0 aliphatic heterocycles. The Morgan fingerprint density at radius 3 is 2.75 bits per heavy atom. The summed E-state index contributed by atoms with van der Waals surface area (Å²) in [6.07, 6.45) is 2.04. The minimum Gasteiger partial charge on any atom is -0.354 e. The van der Waals surface area contributed by atoms with Crippen molar-refractivity contribution in [2.24, 2.45) is 0 Å². The van der Waals surface area contributed by atoms with Crippen LogP contribution in [-0.2, 0) is 6.42 Å². The quantitative estimate of drug-likeness (QED) is 0.768. The first kappa shape index (κ1) is 17.8. The van der Waals surface area contributed by atoms with Gasteiger partial charge in [-0.15, -0.1) is 0 Å². The van der Waals surface area contributed by atoms with Crippen LogP contribution in [0, 0.1) is 5.82 Å². The average molecular weight is 331 g/mol. The van der Waals surface area contributed by atoms with Crippen molar-refractivity contribution >= 4 is 11.9 Å². The van der Waals surface area contributed by atoms with E-state index in [0.717, 1.165) is 6.54 Å². The monoisotopic (exact) mass is 331 g/mol. The van der Waals surface area contributed by atoms with Crippen LogP contribution in [-0.4, -0.2) is 54.5 Å². The fourth-order valence-corrected chi connectivity index (χ4v) is 2.06. The molecule has 0 aliphatic carbocycles. The predicted molar refractivity (Wildman–Crippen MR) is 91.5 cm³/mol. The zero-order chi connectivity index (χ0) is 17.4. The Morgan fingerprint density at radius 2 is 2.00 bits per heavy atom. The van der Waals surface area contributed by atoms with Crippen LogP contribution in [0.15, 0.2) is 36.5 Å². The van der Waals surface area contributed by atoms with Gasteiger partial charge in [0.25, 0.3) is 5.91 Å². The maximum atomic E-state index is 13.5. The predicted octanol–water partition coefficient (Wildman–Crippen LogP) is 1.56. The molecule has 2 rings (SSSR count). The van der Waals surface area contributed by atoms with Gasteiger partial charge in [-0.2, -0.15) is 0 Å². The number of aromatic nitrogens is 2. The van der Waals surface area contributed by atoms with Gasteiger partial charge in [0.15, 0.2) is 0 Å². The highest BCUT2D eigenvalue weighted by molar-refractivity contribution is 5.92. The highest BCUT2D eigenvalue weighted by Crippen LogP contribution is 2.07. The van der Waals surface area contributed by atoms with Crippen LogP contribution < -0.4 is 10.6 Å². The Morgan fingerprint density at radius 1 is 1.21 bits per heavy atom. The smallest absolute Gasteiger partial charge is 0.270 e. The molecule has 128 valence electrons. The van der Waals surface area contributed by atoms with Gasteiger partial charge in [-0.05, 0) is 38.2 Å². The lowest BCUT2D eigenvalue weighted by Gasteiger charge is -2.10. The van der Waals surface area contributed by atoms with Gasteiger partial charge in [0, 0.05) is 25.8 Å². The van der Waals surface area contributed by atoms with E-state index in [2.05, 4.69) is 20.6 Å².